The van der Waals surface area contributed by atoms with Gasteiger partial charge in [0, 0.05) is 24.8 Å². The summed E-state index contributed by atoms with van der Waals surface area (Å²) in [6.07, 6.45) is 1.03. The summed E-state index contributed by atoms with van der Waals surface area (Å²) >= 11 is 0. The first-order chi connectivity index (χ1) is 7.77. The Kier molecular flexibility index (Phi) is 3.54. The van der Waals surface area contributed by atoms with Crippen LogP contribution in [0.15, 0.2) is 24.3 Å². The van der Waals surface area contributed by atoms with Crippen molar-refractivity contribution in [2.75, 3.05) is 13.2 Å². The minimum atomic E-state index is -0.375. The van der Waals surface area contributed by atoms with Crippen molar-refractivity contribution in [3.63, 3.8) is 0 Å². The van der Waals surface area contributed by atoms with Gasteiger partial charge in [-0.2, -0.15) is 0 Å². The van der Waals surface area contributed by atoms with E-state index in [9.17, 15) is 4.79 Å². The normalized spacial score (nSPS) is 19.9. The van der Waals surface area contributed by atoms with Gasteiger partial charge in [0.15, 0.2) is 0 Å². The first kappa shape index (κ1) is 11.1. The van der Waals surface area contributed by atoms with Crippen LogP contribution in [-0.4, -0.2) is 25.2 Å². The standard InChI is InChI=1S/C12H16N2O2/c13-12(15)11-4-2-1-3-9(11)7-14-10-5-6-16-8-10/h1-4,10,14H,5-8H2,(H2,13,15)/t10-/m0/s1. The number of benzene rings is 1. The maximum atomic E-state index is 11.2. The van der Waals surface area contributed by atoms with Crippen LogP contribution in [0.5, 0.6) is 0 Å². The van der Waals surface area contributed by atoms with E-state index in [1.165, 1.54) is 0 Å². The summed E-state index contributed by atoms with van der Waals surface area (Å²) in [6.45, 7) is 2.22. The lowest BCUT2D eigenvalue weighted by Gasteiger charge is -2.12. The average molecular weight is 220 g/mol. The lowest BCUT2D eigenvalue weighted by molar-refractivity contribution is 0.0999. The molecule has 86 valence electrons. The van der Waals surface area contributed by atoms with Crippen LogP contribution in [0, 0.1) is 0 Å². The molecule has 1 aromatic carbocycles. The molecular weight excluding hydrogens is 204 g/mol. The van der Waals surface area contributed by atoms with Gasteiger partial charge < -0.3 is 15.8 Å². The van der Waals surface area contributed by atoms with Gasteiger partial charge in [0.25, 0.3) is 0 Å². The fraction of sp³-hybridized carbons (Fsp3) is 0.417. The summed E-state index contributed by atoms with van der Waals surface area (Å²) in [6, 6.07) is 7.80. The second kappa shape index (κ2) is 5.09. The highest BCUT2D eigenvalue weighted by Crippen LogP contribution is 2.10. The van der Waals surface area contributed by atoms with Crippen LogP contribution in [0.25, 0.3) is 0 Å². The van der Waals surface area contributed by atoms with Crippen LogP contribution in [-0.2, 0) is 11.3 Å². The minimum absolute atomic E-state index is 0.375. The molecule has 4 heteroatoms. The molecule has 1 atom stereocenters. The number of primary amides is 1. The number of hydrogen-bond acceptors (Lipinski definition) is 3. The second-order valence-electron chi connectivity index (χ2n) is 3.96. The predicted molar refractivity (Wildman–Crippen MR) is 61.0 cm³/mol. The van der Waals surface area contributed by atoms with Gasteiger partial charge in [-0.15, -0.1) is 0 Å². The zero-order chi connectivity index (χ0) is 11.4. The molecule has 2 rings (SSSR count). The SMILES string of the molecule is NC(=O)c1ccccc1CN[C@H]1CCOC1. The van der Waals surface area contributed by atoms with Crippen LogP contribution in [0.4, 0.5) is 0 Å². The molecule has 1 saturated heterocycles. The zero-order valence-electron chi connectivity index (χ0n) is 9.11. The minimum Gasteiger partial charge on any atom is -0.380 e. The molecule has 0 radical (unpaired) electrons. The molecule has 1 fully saturated rings. The Balaban J connectivity index is 2.00. The van der Waals surface area contributed by atoms with Crippen molar-refractivity contribution in [2.24, 2.45) is 5.73 Å². The molecule has 0 saturated carbocycles. The van der Waals surface area contributed by atoms with E-state index in [-0.39, 0.29) is 5.91 Å². The topological polar surface area (TPSA) is 64.4 Å². The van der Waals surface area contributed by atoms with Crippen LogP contribution in [0.1, 0.15) is 22.3 Å². The van der Waals surface area contributed by atoms with E-state index >= 15 is 0 Å². The average Bonchev–Trinajstić information content (AvgIpc) is 2.79. The third kappa shape index (κ3) is 2.59. The van der Waals surface area contributed by atoms with Crippen LogP contribution in [0.3, 0.4) is 0 Å². The Morgan fingerprint density at radius 3 is 3.00 bits per heavy atom. The molecule has 1 aromatic rings. The van der Waals surface area contributed by atoms with Crippen LogP contribution in [0.2, 0.25) is 0 Å². The van der Waals surface area contributed by atoms with Gasteiger partial charge in [0.05, 0.1) is 6.61 Å². The number of hydrogen-bond donors (Lipinski definition) is 2. The summed E-state index contributed by atoms with van der Waals surface area (Å²) in [5.41, 5.74) is 6.84. The third-order valence-corrected chi connectivity index (χ3v) is 2.79. The van der Waals surface area contributed by atoms with E-state index in [0.29, 0.717) is 18.2 Å². The molecule has 1 aliphatic heterocycles. The maximum absolute atomic E-state index is 11.2. The molecule has 1 heterocycles. The van der Waals surface area contributed by atoms with Gasteiger partial charge in [0.2, 0.25) is 5.91 Å². The smallest absolute Gasteiger partial charge is 0.249 e. The number of amides is 1. The highest BCUT2D eigenvalue weighted by atomic mass is 16.5. The summed E-state index contributed by atoms with van der Waals surface area (Å²) in [5.74, 6) is -0.375. The Labute approximate surface area is 94.8 Å². The fourth-order valence-corrected chi connectivity index (χ4v) is 1.86. The number of rotatable bonds is 4. The quantitative estimate of drug-likeness (QED) is 0.783. The van der Waals surface area contributed by atoms with Gasteiger partial charge in [-0.05, 0) is 18.1 Å². The Hall–Kier alpha value is -1.39. The monoisotopic (exact) mass is 220 g/mol. The summed E-state index contributed by atoms with van der Waals surface area (Å²) in [7, 11) is 0. The highest BCUT2D eigenvalue weighted by Gasteiger charge is 2.15. The zero-order valence-corrected chi connectivity index (χ0v) is 9.11. The maximum Gasteiger partial charge on any atom is 0.249 e. The third-order valence-electron chi connectivity index (χ3n) is 2.79. The molecule has 1 amide bonds. The Morgan fingerprint density at radius 1 is 1.50 bits per heavy atom. The molecule has 0 spiro atoms. The van der Waals surface area contributed by atoms with Crippen molar-refractivity contribution in [1.29, 1.82) is 0 Å². The number of ether oxygens (including phenoxy) is 1. The van der Waals surface area contributed by atoms with Gasteiger partial charge in [0.1, 0.15) is 0 Å². The molecular formula is C12H16N2O2. The van der Waals surface area contributed by atoms with E-state index in [4.69, 9.17) is 10.5 Å². The van der Waals surface area contributed by atoms with Gasteiger partial charge in [-0.3, -0.25) is 4.79 Å². The first-order valence-corrected chi connectivity index (χ1v) is 5.46. The Bertz CT molecular complexity index is 373. The van der Waals surface area contributed by atoms with Crippen molar-refractivity contribution in [2.45, 2.75) is 19.0 Å². The van der Waals surface area contributed by atoms with Crippen molar-refractivity contribution >= 4 is 5.91 Å². The number of carbonyl (C=O) groups is 1. The van der Waals surface area contributed by atoms with Crippen molar-refractivity contribution in [3.05, 3.63) is 35.4 Å². The van der Waals surface area contributed by atoms with Crippen molar-refractivity contribution in [3.8, 4) is 0 Å². The van der Waals surface area contributed by atoms with Crippen LogP contribution >= 0.6 is 0 Å². The Morgan fingerprint density at radius 2 is 2.31 bits per heavy atom. The second-order valence-corrected chi connectivity index (χ2v) is 3.96. The number of carbonyl (C=O) groups excluding carboxylic acids is 1. The van der Waals surface area contributed by atoms with E-state index in [1.54, 1.807) is 6.07 Å². The molecule has 0 unspecified atom stereocenters. The van der Waals surface area contributed by atoms with Gasteiger partial charge in [-0.25, -0.2) is 0 Å². The molecule has 4 nitrogen and oxygen atoms in total. The fourth-order valence-electron chi connectivity index (χ4n) is 1.86. The predicted octanol–water partition coefficient (Wildman–Crippen LogP) is 0.664. The summed E-state index contributed by atoms with van der Waals surface area (Å²) in [4.78, 5) is 11.2. The highest BCUT2D eigenvalue weighted by molar-refractivity contribution is 5.94. The first-order valence-electron chi connectivity index (χ1n) is 5.46. The molecule has 0 aliphatic carbocycles. The van der Waals surface area contributed by atoms with E-state index in [2.05, 4.69) is 5.32 Å². The van der Waals surface area contributed by atoms with Gasteiger partial charge in [-0.1, -0.05) is 18.2 Å². The van der Waals surface area contributed by atoms with Crippen molar-refractivity contribution in [1.82, 2.24) is 5.32 Å². The summed E-state index contributed by atoms with van der Waals surface area (Å²) < 4.78 is 5.27. The largest absolute Gasteiger partial charge is 0.380 e. The molecule has 0 bridgehead atoms. The van der Waals surface area contributed by atoms with Gasteiger partial charge >= 0.3 is 0 Å². The lowest BCUT2D eigenvalue weighted by atomic mass is 10.1. The molecule has 0 aromatic heterocycles. The van der Waals surface area contributed by atoms with Crippen LogP contribution < -0.4 is 11.1 Å². The lowest BCUT2D eigenvalue weighted by Crippen LogP contribution is -2.29. The van der Waals surface area contributed by atoms with E-state index < -0.39 is 0 Å². The number of nitrogens with one attached hydrogen (secondary N) is 1. The van der Waals surface area contributed by atoms with Crippen molar-refractivity contribution < 1.29 is 9.53 Å². The van der Waals surface area contributed by atoms with E-state index in [0.717, 1.165) is 25.2 Å². The van der Waals surface area contributed by atoms with E-state index in [1.807, 2.05) is 18.2 Å². The summed E-state index contributed by atoms with van der Waals surface area (Å²) in [5, 5.41) is 3.36. The number of nitrogens with two attached hydrogens (primary N) is 1. The molecule has 3 N–H and O–H groups in total. The molecule has 1 aliphatic rings. The molecule has 16 heavy (non-hydrogen) atoms.